The standard InChI is InChI=1S/C39H70NO9P/c1-3-5-7-9-11-13-15-17-19-21-23-25-27-29-31-38(41)49-36(34-47-50(44,45)48-35-37(40)39(42)43)33-46-32-30-28-26-24-22-20-18-16-14-12-10-8-6-4-2/h6,8,12,14,18,20,24,26,36-37H,3-5,7,9-11,13,15-17,19,21-23,25,27-35,40H2,1-2H3,(H,42,43)(H,44,45)/b8-6-,14-12-,20-18-,26-24-. The minimum absolute atomic E-state index is 0.0205. The van der Waals surface area contributed by atoms with E-state index in [-0.39, 0.29) is 13.0 Å². The number of phosphoric acid groups is 1. The lowest BCUT2D eigenvalue weighted by Crippen LogP contribution is -2.34. The molecule has 3 unspecified atom stereocenters. The first-order valence-corrected chi connectivity index (χ1v) is 20.7. The summed E-state index contributed by atoms with van der Waals surface area (Å²) < 4.78 is 33.1. The molecule has 0 amide bonds. The molecular formula is C39H70NO9P. The predicted molar refractivity (Wildman–Crippen MR) is 203 cm³/mol. The molecule has 3 atom stereocenters. The van der Waals surface area contributed by atoms with E-state index in [0.717, 1.165) is 57.8 Å². The second-order valence-corrected chi connectivity index (χ2v) is 14.1. The van der Waals surface area contributed by atoms with Crippen molar-refractivity contribution < 1.29 is 42.7 Å². The fraction of sp³-hybridized carbons (Fsp3) is 0.744. The van der Waals surface area contributed by atoms with Crippen LogP contribution < -0.4 is 5.73 Å². The third-order valence-corrected chi connectivity index (χ3v) is 8.82. The number of esters is 1. The number of nitrogens with two attached hydrogens (primary N) is 1. The summed E-state index contributed by atoms with van der Waals surface area (Å²) in [6.07, 6.45) is 38.9. The van der Waals surface area contributed by atoms with E-state index in [2.05, 4.69) is 67.0 Å². The molecule has 0 aromatic heterocycles. The van der Waals surface area contributed by atoms with Gasteiger partial charge in [-0.2, -0.15) is 0 Å². The highest BCUT2D eigenvalue weighted by Gasteiger charge is 2.27. The Labute approximate surface area is 303 Å². The average molecular weight is 728 g/mol. The fourth-order valence-corrected chi connectivity index (χ4v) is 5.68. The van der Waals surface area contributed by atoms with E-state index in [9.17, 15) is 19.0 Å². The van der Waals surface area contributed by atoms with Gasteiger partial charge in [-0.1, -0.05) is 146 Å². The third kappa shape index (κ3) is 34.4. The normalized spacial score (nSPS) is 14.6. The van der Waals surface area contributed by atoms with Crippen molar-refractivity contribution in [3.05, 3.63) is 48.6 Å². The van der Waals surface area contributed by atoms with Gasteiger partial charge in [-0.05, 0) is 44.9 Å². The van der Waals surface area contributed by atoms with Gasteiger partial charge in [0.2, 0.25) is 0 Å². The smallest absolute Gasteiger partial charge is 0.472 e. The SMILES string of the molecule is CC/C=C\C/C=C\C/C=C\C/C=C\CCCOCC(COP(=O)(O)OCC(N)C(=O)O)OC(=O)CCCCCCCCCCCCCCCC. The van der Waals surface area contributed by atoms with Gasteiger partial charge in [0, 0.05) is 13.0 Å². The number of carboxylic acid groups (broad SMARTS) is 1. The van der Waals surface area contributed by atoms with Crippen LogP contribution in [0.2, 0.25) is 0 Å². The van der Waals surface area contributed by atoms with Gasteiger partial charge >= 0.3 is 19.8 Å². The van der Waals surface area contributed by atoms with Crippen molar-refractivity contribution in [2.45, 2.75) is 161 Å². The Bertz CT molecular complexity index is 983. The molecule has 0 aliphatic carbocycles. The van der Waals surface area contributed by atoms with Crippen LogP contribution in [-0.4, -0.2) is 60.5 Å². The van der Waals surface area contributed by atoms with Crippen LogP contribution in [0.4, 0.5) is 0 Å². The molecule has 11 heteroatoms. The van der Waals surface area contributed by atoms with Crippen molar-refractivity contribution in [1.29, 1.82) is 0 Å². The minimum atomic E-state index is -4.62. The Morgan fingerprint density at radius 1 is 0.660 bits per heavy atom. The van der Waals surface area contributed by atoms with Crippen molar-refractivity contribution in [3.8, 4) is 0 Å². The van der Waals surface area contributed by atoms with Gasteiger partial charge in [-0.15, -0.1) is 0 Å². The first kappa shape index (κ1) is 47.9. The largest absolute Gasteiger partial charge is 0.480 e. The maximum absolute atomic E-state index is 12.6. The van der Waals surface area contributed by atoms with Crippen LogP contribution in [-0.2, 0) is 32.7 Å². The maximum Gasteiger partial charge on any atom is 0.472 e. The minimum Gasteiger partial charge on any atom is -0.480 e. The summed E-state index contributed by atoms with van der Waals surface area (Å²) in [5.74, 6) is -1.80. The molecule has 10 nitrogen and oxygen atoms in total. The summed E-state index contributed by atoms with van der Waals surface area (Å²) >= 11 is 0. The Balaban J connectivity index is 4.39. The molecule has 0 fully saturated rings. The topological polar surface area (TPSA) is 155 Å². The first-order valence-electron chi connectivity index (χ1n) is 19.2. The molecule has 4 N–H and O–H groups in total. The molecule has 0 aliphatic heterocycles. The van der Waals surface area contributed by atoms with Crippen molar-refractivity contribution in [1.82, 2.24) is 0 Å². The number of carbonyl (C=O) groups excluding carboxylic acids is 1. The zero-order chi connectivity index (χ0) is 37.0. The molecule has 0 radical (unpaired) electrons. The van der Waals surface area contributed by atoms with Crippen LogP contribution in [0, 0.1) is 0 Å². The summed E-state index contributed by atoms with van der Waals surface area (Å²) in [4.78, 5) is 33.4. The molecule has 0 saturated heterocycles. The zero-order valence-electron chi connectivity index (χ0n) is 31.2. The molecule has 0 bridgehead atoms. The number of carboxylic acids is 1. The molecule has 0 heterocycles. The lowest BCUT2D eigenvalue weighted by atomic mass is 10.0. The number of ether oxygens (including phenoxy) is 2. The molecule has 0 aliphatic rings. The molecule has 290 valence electrons. The van der Waals surface area contributed by atoms with Crippen LogP contribution in [0.15, 0.2) is 48.6 Å². The number of hydrogen-bond donors (Lipinski definition) is 3. The lowest BCUT2D eigenvalue weighted by Gasteiger charge is -2.20. The zero-order valence-corrected chi connectivity index (χ0v) is 32.1. The Morgan fingerprint density at radius 2 is 1.14 bits per heavy atom. The Hall–Kier alpha value is -2.07. The second kappa shape index (κ2) is 35.3. The molecule has 0 spiro atoms. The fourth-order valence-electron chi connectivity index (χ4n) is 4.90. The third-order valence-electron chi connectivity index (χ3n) is 7.87. The number of allylic oxidation sites excluding steroid dienone is 8. The van der Waals surface area contributed by atoms with Crippen LogP contribution in [0.3, 0.4) is 0 Å². The first-order chi connectivity index (χ1) is 24.2. The van der Waals surface area contributed by atoms with Gasteiger partial charge in [-0.3, -0.25) is 18.6 Å². The summed E-state index contributed by atoms with van der Waals surface area (Å²) in [6, 6.07) is -1.48. The van der Waals surface area contributed by atoms with E-state index >= 15 is 0 Å². The number of unbranched alkanes of at least 4 members (excludes halogenated alkanes) is 14. The second-order valence-electron chi connectivity index (χ2n) is 12.7. The maximum atomic E-state index is 12.6. The Morgan fingerprint density at radius 3 is 1.66 bits per heavy atom. The lowest BCUT2D eigenvalue weighted by molar-refractivity contribution is -0.154. The van der Waals surface area contributed by atoms with Crippen LogP contribution in [0.1, 0.15) is 149 Å². The van der Waals surface area contributed by atoms with Gasteiger partial charge < -0.3 is 25.2 Å². The summed E-state index contributed by atoms with van der Waals surface area (Å²) in [7, 11) is -4.62. The molecule has 0 saturated carbocycles. The highest BCUT2D eigenvalue weighted by molar-refractivity contribution is 7.47. The highest BCUT2D eigenvalue weighted by atomic mass is 31.2. The van der Waals surface area contributed by atoms with Crippen molar-refractivity contribution in [2.24, 2.45) is 5.73 Å². The monoisotopic (exact) mass is 727 g/mol. The van der Waals surface area contributed by atoms with Gasteiger partial charge in [0.15, 0.2) is 0 Å². The van der Waals surface area contributed by atoms with E-state index < -0.39 is 45.1 Å². The molecular weight excluding hydrogens is 657 g/mol. The number of carbonyl (C=O) groups is 2. The summed E-state index contributed by atoms with van der Waals surface area (Å²) in [6.45, 7) is 3.60. The van der Waals surface area contributed by atoms with E-state index in [4.69, 9.17) is 24.8 Å². The van der Waals surface area contributed by atoms with Gasteiger partial charge in [-0.25, -0.2) is 4.57 Å². The van der Waals surface area contributed by atoms with Gasteiger partial charge in [0.1, 0.15) is 12.1 Å². The van der Waals surface area contributed by atoms with E-state index in [1.807, 2.05) is 0 Å². The molecule has 0 aromatic carbocycles. The number of aliphatic carboxylic acids is 1. The summed E-state index contributed by atoms with van der Waals surface area (Å²) in [5.41, 5.74) is 5.33. The van der Waals surface area contributed by atoms with Crippen molar-refractivity contribution in [3.63, 3.8) is 0 Å². The number of hydrogen-bond acceptors (Lipinski definition) is 8. The Kier molecular flexibility index (Phi) is 33.9. The molecule has 0 rings (SSSR count). The summed E-state index contributed by atoms with van der Waals surface area (Å²) in [5, 5.41) is 8.86. The quantitative estimate of drug-likeness (QED) is 0.0246. The number of phosphoric ester groups is 1. The van der Waals surface area contributed by atoms with Crippen LogP contribution in [0.25, 0.3) is 0 Å². The van der Waals surface area contributed by atoms with E-state index in [1.54, 1.807) is 0 Å². The van der Waals surface area contributed by atoms with Crippen LogP contribution >= 0.6 is 7.82 Å². The molecule has 0 aromatic rings. The molecule has 50 heavy (non-hydrogen) atoms. The highest BCUT2D eigenvalue weighted by Crippen LogP contribution is 2.43. The average Bonchev–Trinajstić information content (AvgIpc) is 3.09. The van der Waals surface area contributed by atoms with Gasteiger partial charge in [0.05, 0.1) is 19.8 Å². The van der Waals surface area contributed by atoms with Crippen molar-refractivity contribution in [2.75, 3.05) is 26.4 Å². The number of rotatable bonds is 36. The van der Waals surface area contributed by atoms with E-state index in [0.29, 0.717) is 13.0 Å². The van der Waals surface area contributed by atoms with E-state index in [1.165, 1.54) is 64.2 Å². The van der Waals surface area contributed by atoms with Crippen molar-refractivity contribution >= 4 is 19.8 Å². The van der Waals surface area contributed by atoms with Gasteiger partial charge in [0.25, 0.3) is 0 Å². The van der Waals surface area contributed by atoms with Crippen LogP contribution in [0.5, 0.6) is 0 Å². The predicted octanol–water partition coefficient (Wildman–Crippen LogP) is 9.92.